The number of benzene rings is 1. The lowest BCUT2D eigenvalue weighted by molar-refractivity contribution is -0.133. The Morgan fingerprint density at radius 3 is 2.14 bits per heavy atom. The van der Waals surface area contributed by atoms with Gasteiger partial charge in [-0.05, 0) is 85.7 Å². The highest BCUT2D eigenvalue weighted by molar-refractivity contribution is 7.98. The number of rotatable bonds is 15. The Hall–Kier alpha value is -2.59. The average molecular weight is 600 g/mol. The van der Waals surface area contributed by atoms with E-state index in [1.165, 1.54) is 32.1 Å². The molecule has 0 heterocycles. The normalized spacial score (nSPS) is 26.9. The average Bonchev–Trinajstić information content (AvgIpc) is 2.98. The Morgan fingerprint density at radius 1 is 0.905 bits per heavy atom. The number of hydrogen-bond acceptors (Lipinski definition) is 6. The summed E-state index contributed by atoms with van der Waals surface area (Å²) in [5, 5.41) is 11.6. The van der Waals surface area contributed by atoms with E-state index < -0.39 is 29.9 Å². The lowest BCUT2D eigenvalue weighted by atomic mass is 9.54. The van der Waals surface area contributed by atoms with Gasteiger partial charge in [0, 0.05) is 12.5 Å². The van der Waals surface area contributed by atoms with Crippen molar-refractivity contribution < 1.29 is 19.2 Å². The summed E-state index contributed by atoms with van der Waals surface area (Å²) in [5.74, 6) is 1.87. The molecule has 0 aromatic heterocycles. The third-order valence-corrected chi connectivity index (χ3v) is 10.3. The van der Waals surface area contributed by atoms with Gasteiger partial charge in [0.2, 0.25) is 23.6 Å². The number of nitrogens with two attached hydrogens (primary N) is 1. The Balaban J connectivity index is 1.35. The number of hydrogen-bond donors (Lipinski definition) is 5. The molecule has 0 radical (unpaired) electrons. The van der Waals surface area contributed by atoms with Gasteiger partial charge in [-0.2, -0.15) is 11.8 Å². The lowest BCUT2D eigenvalue weighted by Crippen LogP contribution is -2.60. The van der Waals surface area contributed by atoms with Gasteiger partial charge in [0.1, 0.15) is 12.1 Å². The van der Waals surface area contributed by atoms with Crippen molar-refractivity contribution in [3.05, 3.63) is 35.9 Å². The van der Waals surface area contributed by atoms with Crippen molar-refractivity contribution >= 4 is 35.4 Å². The van der Waals surface area contributed by atoms with E-state index in [0.717, 1.165) is 23.8 Å². The summed E-state index contributed by atoms with van der Waals surface area (Å²) >= 11 is 1.57. The molecule has 0 unspecified atom stereocenters. The van der Waals surface area contributed by atoms with Crippen LogP contribution < -0.4 is 27.0 Å². The predicted octanol–water partition coefficient (Wildman–Crippen LogP) is 2.38. The maximum absolute atomic E-state index is 13.6. The maximum Gasteiger partial charge on any atom is 0.243 e. The molecule has 4 bridgehead atoms. The number of carbonyl (C=O) groups is 4. The van der Waals surface area contributed by atoms with Crippen molar-refractivity contribution in [3.8, 4) is 0 Å². The highest BCUT2D eigenvalue weighted by Crippen LogP contribution is 2.53. The number of nitrogens with one attached hydrogen (secondary N) is 4. The summed E-state index contributed by atoms with van der Waals surface area (Å²) in [6.45, 7) is 3.57. The quantitative estimate of drug-likeness (QED) is 0.210. The van der Waals surface area contributed by atoms with E-state index in [-0.39, 0.29) is 30.3 Å². The molecule has 6 N–H and O–H groups in total. The Labute approximate surface area is 254 Å². The van der Waals surface area contributed by atoms with Gasteiger partial charge in [-0.15, -0.1) is 0 Å². The van der Waals surface area contributed by atoms with Crippen LogP contribution in [0.15, 0.2) is 30.3 Å². The Bertz CT molecular complexity index is 1060. The lowest BCUT2D eigenvalue weighted by Gasteiger charge is -2.54. The van der Waals surface area contributed by atoms with E-state index >= 15 is 0 Å². The van der Waals surface area contributed by atoms with Crippen molar-refractivity contribution in [3.63, 3.8) is 0 Å². The zero-order valence-corrected chi connectivity index (χ0v) is 26.1. The Kier molecular flexibility index (Phi) is 11.7. The first kappa shape index (κ1) is 32.3. The second-order valence-corrected chi connectivity index (χ2v) is 13.7. The fourth-order valence-corrected chi connectivity index (χ4v) is 7.78. The SMILES string of the molecule is CC[C@H](C)[C@H](N)C(=O)N[C@H](CCSC)C(=O)NCC(=O)N[C@@H](Cc1ccccc1)C(=O)NC1C2CC3CC(C2)CC1C3. The van der Waals surface area contributed by atoms with Gasteiger partial charge in [-0.3, -0.25) is 19.2 Å². The fourth-order valence-electron chi connectivity index (χ4n) is 7.31. The smallest absolute Gasteiger partial charge is 0.243 e. The van der Waals surface area contributed by atoms with Crippen molar-refractivity contribution in [1.82, 2.24) is 21.3 Å². The minimum absolute atomic E-state index is 0.0217. The molecule has 4 amide bonds. The van der Waals surface area contributed by atoms with Gasteiger partial charge in [-0.25, -0.2) is 0 Å². The van der Waals surface area contributed by atoms with Crippen molar-refractivity contribution in [1.29, 1.82) is 0 Å². The molecule has 10 heteroatoms. The molecule has 4 aliphatic rings. The first-order valence-electron chi connectivity index (χ1n) is 15.6. The molecule has 0 spiro atoms. The summed E-state index contributed by atoms with van der Waals surface area (Å²) in [5.41, 5.74) is 7.02. The molecule has 42 heavy (non-hydrogen) atoms. The third-order valence-electron chi connectivity index (χ3n) is 9.70. The van der Waals surface area contributed by atoms with Crippen LogP contribution >= 0.6 is 11.8 Å². The summed E-state index contributed by atoms with van der Waals surface area (Å²) in [6, 6.07) is 7.55. The predicted molar refractivity (Wildman–Crippen MR) is 166 cm³/mol. The van der Waals surface area contributed by atoms with Crippen LogP contribution in [-0.4, -0.2) is 66.3 Å². The van der Waals surface area contributed by atoms with Crippen LogP contribution in [0.1, 0.15) is 64.4 Å². The molecule has 4 atom stereocenters. The van der Waals surface area contributed by atoms with Crippen LogP contribution in [0, 0.1) is 29.6 Å². The van der Waals surface area contributed by atoms with Gasteiger partial charge in [0.05, 0.1) is 12.6 Å². The van der Waals surface area contributed by atoms with Crippen LogP contribution in [0.25, 0.3) is 0 Å². The molecule has 9 nitrogen and oxygen atoms in total. The topological polar surface area (TPSA) is 142 Å². The summed E-state index contributed by atoms with van der Waals surface area (Å²) < 4.78 is 0. The van der Waals surface area contributed by atoms with Gasteiger partial charge in [-0.1, -0.05) is 50.6 Å². The molecule has 1 aromatic carbocycles. The second-order valence-electron chi connectivity index (χ2n) is 12.7. The number of thioether (sulfide) groups is 1. The molecule has 4 aliphatic carbocycles. The van der Waals surface area contributed by atoms with Crippen molar-refractivity contribution in [2.45, 2.75) is 89.4 Å². The first-order valence-corrected chi connectivity index (χ1v) is 17.0. The van der Waals surface area contributed by atoms with Crippen molar-refractivity contribution in [2.75, 3.05) is 18.6 Å². The minimum atomic E-state index is -0.798. The standard InChI is InChI=1S/C32H49N5O4S/c1-4-19(2)28(33)32(41)36-25(10-11-42-3)30(39)34-18-27(38)35-26(17-20-8-6-5-7-9-20)31(40)37-29-23-13-21-12-22(15-23)16-24(29)14-21/h5-9,19,21-26,28-29H,4,10-18,33H2,1-3H3,(H,34,39)(H,35,38)(H,36,41)(H,37,40)/t19-,21?,22?,23?,24?,25+,26-,28-,29?/m0/s1. The molecule has 1 aromatic rings. The maximum atomic E-state index is 13.6. The van der Waals surface area contributed by atoms with E-state index in [1.807, 2.05) is 50.4 Å². The molecule has 5 rings (SSSR count). The van der Waals surface area contributed by atoms with E-state index in [4.69, 9.17) is 5.73 Å². The fraction of sp³-hybridized carbons (Fsp3) is 0.688. The first-order chi connectivity index (χ1) is 20.2. The van der Waals surface area contributed by atoms with Gasteiger partial charge >= 0.3 is 0 Å². The van der Waals surface area contributed by atoms with E-state index in [2.05, 4.69) is 21.3 Å². The molecule has 0 aliphatic heterocycles. The molecule has 4 fully saturated rings. The molecule has 4 saturated carbocycles. The summed E-state index contributed by atoms with van der Waals surface area (Å²) in [4.78, 5) is 52.4. The molecule has 0 saturated heterocycles. The van der Waals surface area contributed by atoms with E-state index in [9.17, 15) is 19.2 Å². The zero-order valence-electron chi connectivity index (χ0n) is 25.3. The third kappa shape index (κ3) is 8.49. The van der Waals surface area contributed by atoms with E-state index in [1.54, 1.807) is 11.8 Å². The van der Waals surface area contributed by atoms with Gasteiger partial charge < -0.3 is 27.0 Å². The van der Waals surface area contributed by atoms with Gasteiger partial charge in [0.15, 0.2) is 0 Å². The van der Waals surface area contributed by atoms with Crippen LogP contribution in [-0.2, 0) is 25.6 Å². The monoisotopic (exact) mass is 599 g/mol. The highest BCUT2D eigenvalue weighted by Gasteiger charge is 2.49. The van der Waals surface area contributed by atoms with Gasteiger partial charge in [0.25, 0.3) is 0 Å². The van der Waals surface area contributed by atoms with Crippen molar-refractivity contribution in [2.24, 2.45) is 35.3 Å². The second kappa shape index (κ2) is 15.2. The molecular weight excluding hydrogens is 550 g/mol. The van der Waals surface area contributed by atoms with Crippen LogP contribution in [0.5, 0.6) is 0 Å². The highest BCUT2D eigenvalue weighted by atomic mass is 32.2. The number of amides is 4. The number of carbonyl (C=O) groups excluding carboxylic acids is 4. The Morgan fingerprint density at radius 2 is 1.55 bits per heavy atom. The largest absolute Gasteiger partial charge is 0.351 e. The molecular formula is C32H49N5O4S. The van der Waals surface area contributed by atoms with Crippen LogP contribution in [0.4, 0.5) is 0 Å². The van der Waals surface area contributed by atoms with Crippen LogP contribution in [0.2, 0.25) is 0 Å². The minimum Gasteiger partial charge on any atom is -0.351 e. The summed E-state index contributed by atoms with van der Waals surface area (Å²) in [7, 11) is 0. The zero-order chi connectivity index (χ0) is 30.2. The molecule has 232 valence electrons. The van der Waals surface area contributed by atoms with E-state index in [0.29, 0.717) is 30.4 Å². The summed E-state index contributed by atoms with van der Waals surface area (Å²) in [6.07, 6.45) is 9.56. The van der Waals surface area contributed by atoms with Crippen LogP contribution in [0.3, 0.4) is 0 Å².